The Kier molecular flexibility index (Phi) is 6.72. The number of rotatable bonds is 7. The summed E-state index contributed by atoms with van der Waals surface area (Å²) >= 11 is 0. The summed E-state index contributed by atoms with van der Waals surface area (Å²) < 4.78 is 33.1. The zero-order valence-electron chi connectivity index (χ0n) is 17.3. The summed E-state index contributed by atoms with van der Waals surface area (Å²) in [5.74, 6) is -1.58. The van der Waals surface area contributed by atoms with Crippen molar-refractivity contribution in [3.05, 3.63) is 59.3 Å². The standard InChI is InChI=1S/C22H23F2N5O3/c23-16-3-1-2-14(20(16)24)12-26-17-10-15(22(31)25-4-7-30)11-18-21(17)28-19(13-27-18)29-5-8-32-9-6-29/h1-3,10-11,13,26,30H,4-9,12H2,(H,25,31). The Morgan fingerprint density at radius 3 is 2.81 bits per heavy atom. The van der Waals surface area contributed by atoms with Crippen molar-refractivity contribution >= 4 is 28.4 Å². The normalized spacial score (nSPS) is 13.9. The number of amides is 1. The zero-order valence-corrected chi connectivity index (χ0v) is 17.3. The average Bonchev–Trinajstić information content (AvgIpc) is 2.83. The summed E-state index contributed by atoms with van der Waals surface area (Å²) in [6.45, 7) is 2.45. The maximum atomic E-state index is 14.1. The molecule has 1 aliphatic rings. The molecule has 1 aromatic heterocycles. The maximum absolute atomic E-state index is 14.1. The van der Waals surface area contributed by atoms with Crippen LogP contribution in [0.2, 0.25) is 0 Å². The highest BCUT2D eigenvalue weighted by molar-refractivity contribution is 6.01. The molecule has 2 aromatic carbocycles. The Balaban J connectivity index is 1.70. The van der Waals surface area contributed by atoms with Gasteiger partial charge in [0.15, 0.2) is 11.6 Å². The number of morpholine rings is 1. The molecule has 1 amide bonds. The van der Waals surface area contributed by atoms with Gasteiger partial charge < -0.3 is 25.4 Å². The fourth-order valence-electron chi connectivity index (χ4n) is 3.46. The molecule has 0 saturated carbocycles. The highest BCUT2D eigenvalue weighted by Gasteiger charge is 2.17. The van der Waals surface area contributed by atoms with Gasteiger partial charge in [-0.1, -0.05) is 12.1 Å². The third-order valence-corrected chi connectivity index (χ3v) is 5.13. The predicted molar refractivity (Wildman–Crippen MR) is 116 cm³/mol. The highest BCUT2D eigenvalue weighted by atomic mass is 19.2. The van der Waals surface area contributed by atoms with Gasteiger partial charge in [-0.2, -0.15) is 0 Å². The van der Waals surface area contributed by atoms with E-state index in [1.165, 1.54) is 12.1 Å². The van der Waals surface area contributed by atoms with Gasteiger partial charge in [0, 0.05) is 37.3 Å². The van der Waals surface area contributed by atoms with Gasteiger partial charge in [-0.3, -0.25) is 9.78 Å². The minimum atomic E-state index is -0.930. The van der Waals surface area contributed by atoms with Crippen molar-refractivity contribution in [3.8, 4) is 0 Å². The number of aliphatic hydroxyl groups is 1. The van der Waals surface area contributed by atoms with Crippen LogP contribution >= 0.6 is 0 Å². The summed E-state index contributed by atoms with van der Waals surface area (Å²) in [7, 11) is 0. The molecule has 0 radical (unpaired) electrons. The summed E-state index contributed by atoms with van der Waals surface area (Å²) in [6, 6.07) is 7.16. The number of nitrogens with zero attached hydrogens (tertiary/aromatic N) is 3. The number of fused-ring (bicyclic) bond motifs is 1. The first-order chi connectivity index (χ1) is 15.6. The van der Waals surface area contributed by atoms with Crippen LogP contribution in [0, 0.1) is 11.6 Å². The number of carbonyl (C=O) groups is 1. The number of benzene rings is 2. The lowest BCUT2D eigenvalue weighted by Gasteiger charge is -2.27. The van der Waals surface area contributed by atoms with E-state index in [4.69, 9.17) is 14.8 Å². The lowest BCUT2D eigenvalue weighted by atomic mass is 10.1. The Morgan fingerprint density at radius 2 is 2.03 bits per heavy atom. The Labute approximate surface area is 183 Å². The van der Waals surface area contributed by atoms with Crippen LogP contribution in [-0.4, -0.2) is 60.4 Å². The van der Waals surface area contributed by atoms with E-state index in [0.29, 0.717) is 54.4 Å². The number of nitrogens with one attached hydrogen (secondary N) is 2. The second-order valence-corrected chi connectivity index (χ2v) is 7.27. The van der Waals surface area contributed by atoms with Gasteiger partial charge >= 0.3 is 0 Å². The second kappa shape index (κ2) is 9.84. The van der Waals surface area contributed by atoms with Crippen LogP contribution in [0.5, 0.6) is 0 Å². The van der Waals surface area contributed by atoms with Crippen molar-refractivity contribution in [2.24, 2.45) is 0 Å². The van der Waals surface area contributed by atoms with Crippen molar-refractivity contribution in [3.63, 3.8) is 0 Å². The van der Waals surface area contributed by atoms with Crippen LogP contribution in [0.25, 0.3) is 11.0 Å². The van der Waals surface area contributed by atoms with Crippen molar-refractivity contribution in [1.29, 1.82) is 0 Å². The van der Waals surface area contributed by atoms with E-state index < -0.39 is 11.6 Å². The summed E-state index contributed by atoms with van der Waals surface area (Å²) in [5, 5.41) is 14.6. The van der Waals surface area contributed by atoms with Crippen LogP contribution in [0.15, 0.2) is 36.5 Å². The first kappa shape index (κ1) is 21.8. The molecule has 8 nitrogen and oxygen atoms in total. The lowest BCUT2D eigenvalue weighted by Crippen LogP contribution is -2.36. The molecule has 168 valence electrons. The molecule has 1 saturated heterocycles. The van der Waals surface area contributed by atoms with E-state index >= 15 is 0 Å². The van der Waals surface area contributed by atoms with Gasteiger partial charge in [0.2, 0.25) is 0 Å². The SMILES string of the molecule is O=C(NCCO)c1cc(NCc2cccc(F)c2F)c2nc(N3CCOCC3)cnc2c1. The highest BCUT2D eigenvalue weighted by Crippen LogP contribution is 2.26. The lowest BCUT2D eigenvalue weighted by molar-refractivity contribution is 0.0945. The third-order valence-electron chi connectivity index (χ3n) is 5.13. The number of hydrogen-bond acceptors (Lipinski definition) is 7. The van der Waals surface area contributed by atoms with Crippen molar-refractivity contribution in [2.75, 3.05) is 49.7 Å². The molecule has 4 rings (SSSR count). The number of aromatic nitrogens is 2. The van der Waals surface area contributed by atoms with Gasteiger partial charge in [0.05, 0.1) is 37.2 Å². The van der Waals surface area contributed by atoms with Crippen molar-refractivity contribution in [1.82, 2.24) is 15.3 Å². The molecule has 0 unspecified atom stereocenters. The number of ether oxygens (including phenoxy) is 1. The third kappa shape index (κ3) is 4.76. The summed E-state index contributed by atoms with van der Waals surface area (Å²) in [6.07, 6.45) is 1.64. The fraction of sp³-hybridized carbons (Fsp3) is 0.318. The number of hydrogen-bond donors (Lipinski definition) is 3. The van der Waals surface area contributed by atoms with Crippen LogP contribution < -0.4 is 15.5 Å². The molecular weight excluding hydrogens is 420 g/mol. The molecule has 1 aliphatic heterocycles. The number of halogens is 2. The smallest absolute Gasteiger partial charge is 0.251 e. The zero-order chi connectivity index (χ0) is 22.5. The van der Waals surface area contributed by atoms with Crippen LogP contribution in [0.4, 0.5) is 20.3 Å². The Bertz CT molecular complexity index is 1120. The molecule has 2 heterocycles. The van der Waals surface area contributed by atoms with E-state index in [-0.39, 0.29) is 31.2 Å². The molecule has 1 fully saturated rings. The Hall–Kier alpha value is -3.37. The van der Waals surface area contributed by atoms with Gasteiger partial charge in [0.1, 0.15) is 11.3 Å². The number of anilines is 2. The van der Waals surface area contributed by atoms with Gasteiger partial charge in [0.25, 0.3) is 5.91 Å². The molecule has 3 N–H and O–H groups in total. The van der Waals surface area contributed by atoms with E-state index in [2.05, 4.69) is 15.6 Å². The molecule has 0 aliphatic carbocycles. The number of aliphatic hydroxyl groups excluding tert-OH is 1. The topological polar surface area (TPSA) is 99.6 Å². The van der Waals surface area contributed by atoms with Gasteiger partial charge in [-0.25, -0.2) is 13.8 Å². The number of carbonyl (C=O) groups excluding carboxylic acids is 1. The minimum absolute atomic E-state index is 0.0101. The fourth-order valence-corrected chi connectivity index (χ4v) is 3.46. The summed E-state index contributed by atoms with van der Waals surface area (Å²) in [4.78, 5) is 23.7. The monoisotopic (exact) mass is 443 g/mol. The first-order valence-corrected chi connectivity index (χ1v) is 10.3. The molecule has 0 spiro atoms. The molecule has 10 heteroatoms. The van der Waals surface area contributed by atoms with Gasteiger partial charge in [-0.05, 0) is 18.2 Å². The second-order valence-electron chi connectivity index (χ2n) is 7.27. The quantitative estimate of drug-likeness (QED) is 0.514. The van der Waals surface area contributed by atoms with E-state index in [1.807, 2.05) is 4.90 Å². The largest absolute Gasteiger partial charge is 0.395 e. The van der Waals surface area contributed by atoms with Crippen molar-refractivity contribution < 1.29 is 23.4 Å². The molecule has 3 aromatic rings. The van der Waals surface area contributed by atoms with Crippen LogP contribution in [0.1, 0.15) is 15.9 Å². The Morgan fingerprint density at radius 1 is 1.22 bits per heavy atom. The van der Waals surface area contributed by atoms with E-state index in [9.17, 15) is 13.6 Å². The molecule has 32 heavy (non-hydrogen) atoms. The minimum Gasteiger partial charge on any atom is -0.395 e. The molecule has 0 atom stereocenters. The average molecular weight is 443 g/mol. The van der Waals surface area contributed by atoms with Crippen LogP contribution in [-0.2, 0) is 11.3 Å². The van der Waals surface area contributed by atoms with Gasteiger partial charge in [-0.15, -0.1) is 0 Å². The first-order valence-electron chi connectivity index (χ1n) is 10.3. The van der Waals surface area contributed by atoms with Crippen molar-refractivity contribution in [2.45, 2.75) is 6.54 Å². The van der Waals surface area contributed by atoms with Crippen LogP contribution in [0.3, 0.4) is 0 Å². The molecular formula is C22H23F2N5O3. The predicted octanol–water partition coefficient (Wildman–Crippen LogP) is 2.08. The van der Waals surface area contributed by atoms with E-state index in [1.54, 1.807) is 18.3 Å². The van der Waals surface area contributed by atoms with E-state index in [0.717, 1.165) is 6.07 Å². The maximum Gasteiger partial charge on any atom is 0.251 e. The summed E-state index contributed by atoms with van der Waals surface area (Å²) in [5.41, 5.74) is 1.89. The molecule has 0 bridgehead atoms.